The van der Waals surface area contributed by atoms with Crippen molar-refractivity contribution in [2.45, 2.75) is 33.3 Å². The van der Waals surface area contributed by atoms with E-state index in [2.05, 4.69) is 10.3 Å². The minimum Gasteiger partial charge on any atom is -0.493 e. The van der Waals surface area contributed by atoms with Crippen molar-refractivity contribution in [2.75, 3.05) is 26.2 Å². The Bertz CT molecular complexity index is 1170. The molecule has 1 aromatic heterocycles. The summed E-state index contributed by atoms with van der Waals surface area (Å²) < 4.78 is 12.0. The Hall–Kier alpha value is -3.48. The second-order valence-corrected chi connectivity index (χ2v) is 8.44. The number of urea groups is 1. The Morgan fingerprint density at radius 1 is 1.09 bits per heavy atom. The fraction of sp³-hybridized carbons (Fsp3) is 0.385. The van der Waals surface area contributed by atoms with Crippen molar-refractivity contribution in [3.8, 4) is 11.5 Å². The quantitative estimate of drug-likeness (QED) is 0.565. The first-order valence-corrected chi connectivity index (χ1v) is 11.5. The number of likely N-dealkylation sites (tertiary alicyclic amines) is 1. The largest absolute Gasteiger partial charge is 0.493 e. The molecule has 0 radical (unpaired) electrons. The summed E-state index contributed by atoms with van der Waals surface area (Å²) in [6.45, 7) is 6.80. The number of aromatic nitrogens is 1. The van der Waals surface area contributed by atoms with E-state index in [0.29, 0.717) is 35.8 Å². The van der Waals surface area contributed by atoms with Gasteiger partial charge in [0.2, 0.25) is 0 Å². The second-order valence-electron chi connectivity index (χ2n) is 8.44. The maximum Gasteiger partial charge on any atom is 0.317 e. The highest BCUT2D eigenvalue weighted by molar-refractivity contribution is 5.79. The number of hydrogen-bond donors (Lipinski definition) is 2. The third-order valence-corrected chi connectivity index (χ3v) is 6.15. The molecular formula is C26H31N3O4. The summed E-state index contributed by atoms with van der Waals surface area (Å²) in [5.41, 5.74) is 2.27. The van der Waals surface area contributed by atoms with Gasteiger partial charge >= 0.3 is 6.03 Å². The number of nitrogens with zero attached hydrogens (tertiary/aromatic N) is 1. The smallest absolute Gasteiger partial charge is 0.317 e. The van der Waals surface area contributed by atoms with E-state index in [9.17, 15) is 9.59 Å². The number of fused-ring (bicyclic) bond motifs is 1. The van der Waals surface area contributed by atoms with Crippen LogP contribution in [0.4, 0.5) is 4.79 Å². The lowest BCUT2D eigenvalue weighted by Crippen LogP contribution is -2.45. The van der Waals surface area contributed by atoms with Gasteiger partial charge in [0, 0.05) is 42.2 Å². The molecule has 0 unspecified atom stereocenters. The van der Waals surface area contributed by atoms with Gasteiger partial charge in [-0.1, -0.05) is 18.2 Å². The molecule has 2 aromatic carbocycles. The van der Waals surface area contributed by atoms with Crippen molar-refractivity contribution < 1.29 is 14.3 Å². The van der Waals surface area contributed by atoms with E-state index >= 15 is 0 Å². The lowest BCUT2D eigenvalue weighted by atomic mass is 9.98. The fourth-order valence-corrected chi connectivity index (χ4v) is 4.12. The first kappa shape index (κ1) is 22.7. The molecule has 1 aliphatic rings. The van der Waals surface area contributed by atoms with Crippen molar-refractivity contribution in [3.05, 3.63) is 70.0 Å². The molecule has 2 N–H and O–H groups in total. The Labute approximate surface area is 193 Å². The molecule has 3 aromatic rings. The fourth-order valence-electron chi connectivity index (χ4n) is 4.12. The van der Waals surface area contributed by atoms with Crippen molar-refractivity contribution in [2.24, 2.45) is 5.92 Å². The van der Waals surface area contributed by atoms with E-state index in [0.717, 1.165) is 42.9 Å². The predicted octanol–water partition coefficient (Wildman–Crippen LogP) is 4.24. The number of rotatable bonds is 7. The minimum atomic E-state index is 0.0183. The molecule has 7 heteroatoms. The highest BCUT2D eigenvalue weighted by Gasteiger charge is 2.22. The molecule has 1 saturated heterocycles. The number of para-hydroxylation sites is 1. The highest BCUT2D eigenvalue weighted by atomic mass is 16.5. The van der Waals surface area contributed by atoms with Crippen molar-refractivity contribution >= 4 is 16.9 Å². The van der Waals surface area contributed by atoms with E-state index in [1.165, 1.54) is 0 Å². The summed E-state index contributed by atoms with van der Waals surface area (Å²) in [5.74, 6) is 1.86. The molecule has 4 rings (SSSR count). The van der Waals surface area contributed by atoms with Crippen molar-refractivity contribution in [3.63, 3.8) is 0 Å². The number of amides is 2. The first-order valence-electron chi connectivity index (χ1n) is 11.5. The van der Waals surface area contributed by atoms with Crippen LogP contribution in [-0.4, -0.2) is 42.2 Å². The SMILES string of the molecule is CCNC(=O)N1CCC(COc2cccc(OCc3[nH]c4ccccc4c(=O)c3C)c2)CC1. The highest BCUT2D eigenvalue weighted by Crippen LogP contribution is 2.24. The standard InChI is InChI=1S/C26H31N3O4/c1-3-27-26(31)29-13-11-19(12-14-29)16-32-20-7-6-8-21(15-20)33-17-24-18(2)25(30)22-9-4-5-10-23(22)28-24/h4-10,15,19H,3,11-14,16-17H2,1-2H3,(H,27,31)(H,28,30). The molecule has 1 fully saturated rings. The van der Waals surface area contributed by atoms with Gasteiger partial charge < -0.3 is 24.7 Å². The topological polar surface area (TPSA) is 83.7 Å². The van der Waals surface area contributed by atoms with Crippen LogP contribution in [0.1, 0.15) is 31.0 Å². The van der Waals surface area contributed by atoms with Crippen LogP contribution in [0, 0.1) is 12.8 Å². The third-order valence-electron chi connectivity index (χ3n) is 6.15. The van der Waals surface area contributed by atoms with E-state index < -0.39 is 0 Å². The number of nitrogens with one attached hydrogen (secondary N) is 2. The van der Waals surface area contributed by atoms with Crippen molar-refractivity contribution in [1.82, 2.24) is 15.2 Å². The molecule has 0 spiro atoms. The summed E-state index contributed by atoms with van der Waals surface area (Å²) in [5, 5.41) is 3.54. The lowest BCUT2D eigenvalue weighted by molar-refractivity contribution is 0.145. The number of ether oxygens (including phenoxy) is 2. The number of piperidine rings is 1. The zero-order chi connectivity index (χ0) is 23.2. The molecule has 7 nitrogen and oxygen atoms in total. The summed E-state index contributed by atoms with van der Waals surface area (Å²) in [4.78, 5) is 29.7. The molecule has 0 atom stereocenters. The molecule has 2 heterocycles. The van der Waals surface area contributed by atoms with Gasteiger partial charge in [0.25, 0.3) is 0 Å². The maximum atomic E-state index is 12.6. The van der Waals surface area contributed by atoms with Gasteiger partial charge in [-0.2, -0.15) is 0 Å². The van der Waals surface area contributed by atoms with Gasteiger partial charge in [0.15, 0.2) is 5.43 Å². The van der Waals surface area contributed by atoms with Crippen LogP contribution in [0.15, 0.2) is 53.3 Å². The normalized spacial score (nSPS) is 14.3. The molecular weight excluding hydrogens is 418 g/mol. The number of carbonyl (C=O) groups is 1. The Morgan fingerprint density at radius 2 is 1.82 bits per heavy atom. The Kier molecular flexibility index (Phi) is 7.17. The Morgan fingerprint density at radius 3 is 2.58 bits per heavy atom. The molecule has 0 aliphatic carbocycles. The van der Waals surface area contributed by atoms with Gasteiger partial charge in [-0.15, -0.1) is 0 Å². The second kappa shape index (κ2) is 10.4. The van der Waals surface area contributed by atoms with Crippen LogP contribution in [-0.2, 0) is 6.61 Å². The zero-order valence-electron chi connectivity index (χ0n) is 19.2. The lowest BCUT2D eigenvalue weighted by Gasteiger charge is -2.31. The van der Waals surface area contributed by atoms with Crippen LogP contribution >= 0.6 is 0 Å². The number of pyridine rings is 1. The molecule has 33 heavy (non-hydrogen) atoms. The van der Waals surface area contributed by atoms with E-state index in [4.69, 9.17) is 9.47 Å². The van der Waals surface area contributed by atoms with Gasteiger partial charge in [0.1, 0.15) is 18.1 Å². The monoisotopic (exact) mass is 449 g/mol. The average Bonchev–Trinajstić information content (AvgIpc) is 2.85. The van der Waals surface area contributed by atoms with Crippen LogP contribution in [0.3, 0.4) is 0 Å². The van der Waals surface area contributed by atoms with Crippen LogP contribution in [0.25, 0.3) is 10.9 Å². The predicted molar refractivity (Wildman–Crippen MR) is 129 cm³/mol. The summed E-state index contributed by atoms with van der Waals surface area (Å²) in [6, 6.07) is 15.1. The average molecular weight is 450 g/mol. The maximum absolute atomic E-state index is 12.6. The van der Waals surface area contributed by atoms with Gasteiger partial charge in [-0.05, 0) is 56.9 Å². The first-order chi connectivity index (χ1) is 16.0. The number of benzene rings is 2. The summed E-state index contributed by atoms with van der Waals surface area (Å²) in [7, 11) is 0. The van der Waals surface area contributed by atoms with Gasteiger partial charge in [0.05, 0.1) is 12.3 Å². The number of carbonyl (C=O) groups excluding carboxylic acids is 1. The minimum absolute atomic E-state index is 0.0183. The summed E-state index contributed by atoms with van der Waals surface area (Å²) >= 11 is 0. The zero-order valence-corrected chi connectivity index (χ0v) is 19.2. The molecule has 174 valence electrons. The number of H-pyrrole nitrogens is 1. The number of aromatic amines is 1. The van der Waals surface area contributed by atoms with Crippen LogP contribution in [0.5, 0.6) is 11.5 Å². The van der Waals surface area contributed by atoms with Crippen LogP contribution < -0.4 is 20.2 Å². The van der Waals surface area contributed by atoms with Crippen LogP contribution in [0.2, 0.25) is 0 Å². The van der Waals surface area contributed by atoms with E-state index in [-0.39, 0.29) is 18.1 Å². The molecule has 0 bridgehead atoms. The molecule has 2 amide bonds. The third kappa shape index (κ3) is 5.48. The van der Waals surface area contributed by atoms with Crippen molar-refractivity contribution in [1.29, 1.82) is 0 Å². The van der Waals surface area contributed by atoms with E-state index in [1.807, 2.05) is 67.3 Å². The van der Waals surface area contributed by atoms with Gasteiger partial charge in [-0.3, -0.25) is 4.79 Å². The Balaban J connectivity index is 1.32. The number of hydrogen-bond acceptors (Lipinski definition) is 4. The summed E-state index contributed by atoms with van der Waals surface area (Å²) in [6.07, 6.45) is 1.86. The molecule has 1 aliphatic heterocycles. The molecule has 0 saturated carbocycles. The van der Waals surface area contributed by atoms with Gasteiger partial charge in [-0.25, -0.2) is 4.79 Å². The van der Waals surface area contributed by atoms with E-state index in [1.54, 1.807) is 0 Å².